The van der Waals surface area contributed by atoms with E-state index in [0.717, 1.165) is 18.7 Å². The Bertz CT molecular complexity index is 331. The van der Waals surface area contributed by atoms with Crippen LogP contribution < -0.4 is 5.32 Å². The molecule has 0 unspecified atom stereocenters. The summed E-state index contributed by atoms with van der Waals surface area (Å²) in [6.45, 7) is 4.54. The molecule has 1 aromatic carbocycles. The average Bonchev–Trinajstić information content (AvgIpc) is 2.32. The summed E-state index contributed by atoms with van der Waals surface area (Å²) < 4.78 is 23.2. The van der Waals surface area contributed by atoms with Gasteiger partial charge in [-0.05, 0) is 37.1 Å². The van der Waals surface area contributed by atoms with Gasteiger partial charge in [0.1, 0.15) is 5.82 Å². The highest BCUT2D eigenvalue weighted by Crippen LogP contribution is 2.13. The minimum absolute atomic E-state index is 0.168. The summed E-state index contributed by atoms with van der Waals surface area (Å²) in [5.74, 6) is -0.168. The quantitative estimate of drug-likeness (QED) is 0.710. The van der Waals surface area contributed by atoms with Gasteiger partial charge in [-0.25, -0.2) is 4.39 Å². The van der Waals surface area contributed by atoms with Crippen molar-refractivity contribution in [3.8, 4) is 0 Å². The standard InChI is InChI=1S/C13H20FNO2/c1-11-10-12(4-5-13(11)14)15-6-3-7-17-9-8-16-2/h4-5,10,15H,3,6-9H2,1-2H3. The largest absolute Gasteiger partial charge is 0.385 e. The number of hydrogen-bond donors (Lipinski definition) is 1. The highest BCUT2D eigenvalue weighted by molar-refractivity contribution is 5.45. The van der Waals surface area contributed by atoms with Crippen molar-refractivity contribution in [3.05, 3.63) is 29.6 Å². The Kier molecular flexibility index (Phi) is 6.58. The molecule has 3 nitrogen and oxygen atoms in total. The lowest BCUT2D eigenvalue weighted by molar-refractivity contribution is 0.0705. The van der Waals surface area contributed by atoms with Crippen molar-refractivity contribution in [2.24, 2.45) is 0 Å². The second kappa shape index (κ2) is 8.03. The van der Waals surface area contributed by atoms with E-state index in [-0.39, 0.29) is 5.82 Å². The average molecular weight is 241 g/mol. The lowest BCUT2D eigenvalue weighted by Crippen LogP contribution is -2.08. The maximum atomic E-state index is 13.0. The number of nitrogens with one attached hydrogen (secondary N) is 1. The summed E-state index contributed by atoms with van der Waals surface area (Å²) in [6, 6.07) is 5.03. The molecule has 0 radical (unpaired) electrons. The number of halogens is 1. The molecule has 0 heterocycles. The van der Waals surface area contributed by atoms with Crippen LogP contribution in [0.15, 0.2) is 18.2 Å². The van der Waals surface area contributed by atoms with Crippen LogP contribution in [0.3, 0.4) is 0 Å². The Morgan fingerprint density at radius 2 is 2.06 bits per heavy atom. The molecule has 0 spiro atoms. The van der Waals surface area contributed by atoms with Crippen LogP contribution in [0.1, 0.15) is 12.0 Å². The molecule has 1 rings (SSSR count). The zero-order chi connectivity index (χ0) is 12.5. The van der Waals surface area contributed by atoms with Crippen molar-refractivity contribution < 1.29 is 13.9 Å². The monoisotopic (exact) mass is 241 g/mol. The van der Waals surface area contributed by atoms with E-state index in [2.05, 4.69) is 5.32 Å². The van der Waals surface area contributed by atoms with Crippen LogP contribution in [-0.4, -0.2) is 33.5 Å². The first-order chi connectivity index (χ1) is 8.24. The first-order valence-corrected chi connectivity index (χ1v) is 5.80. The van der Waals surface area contributed by atoms with Gasteiger partial charge < -0.3 is 14.8 Å². The normalized spacial score (nSPS) is 10.5. The summed E-state index contributed by atoms with van der Waals surface area (Å²) >= 11 is 0. The molecule has 1 aromatic rings. The van der Waals surface area contributed by atoms with Crippen LogP contribution in [0.4, 0.5) is 10.1 Å². The second-order valence-corrected chi connectivity index (χ2v) is 3.85. The SMILES string of the molecule is COCCOCCCNc1ccc(F)c(C)c1. The van der Waals surface area contributed by atoms with Crippen LogP contribution in [0.2, 0.25) is 0 Å². The molecular formula is C13H20FNO2. The third-order valence-electron chi connectivity index (χ3n) is 2.38. The van der Waals surface area contributed by atoms with Gasteiger partial charge in [0, 0.05) is 25.9 Å². The van der Waals surface area contributed by atoms with E-state index < -0.39 is 0 Å². The number of anilines is 1. The number of hydrogen-bond acceptors (Lipinski definition) is 3. The van der Waals surface area contributed by atoms with E-state index in [1.807, 2.05) is 0 Å². The second-order valence-electron chi connectivity index (χ2n) is 3.85. The van der Waals surface area contributed by atoms with Crippen LogP contribution in [0.5, 0.6) is 0 Å². The molecular weight excluding hydrogens is 221 g/mol. The van der Waals surface area contributed by atoms with Crippen molar-refractivity contribution in [1.82, 2.24) is 0 Å². The van der Waals surface area contributed by atoms with Crippen LogP contribution in [0, 0.1) is 12.7 Å². The molecule has 0 atom stereocenters. The van der Waals surface area contributed by atoms with E-state index in [1.165, 1.54) is 6.07 Å². The number of rotatable bonds is 8. The Labute approximate surface area is 102 Å². The molecule has 0 aromatic heterocycles. The summed E-state index contributed by atoms with van der Waals surface area (Å²) in [5, 5.41) is 3.23. The number of methoxy groups -OCH3 is 1. The Balaban J connectivity index is 2.11. The zero-order valence-electron chi connectivity index (χ0n) is 10.5. The third kappa shape index (κ3) is 5.65. The predicted molar refractivity (Wildman–Crippen MR) is 66.9 cm³/mol. The van der Waals surface area contributed by atoms with E-state index in [4.69, 9.17) is 9.47 Å². The topological polar surface area (TPSA) is 30.5 Å². The van der Waals surface area contributed by atoms with Gasteiger partial charge in [-0.2, -0.15) is 0 Å². The summed E-state index contributed by atoms with van der Waals surface area (Å²) in [5.41, 5.74) is 1.60. The molecule has 0 aliphatic carbocycles. The van der Waals surface area contributed by atoms with Gasteiger partial charge in [0.2, 0.25) is 0 Å². The third-order valence-corrected chi connectivity index (χ3v) is 2.38. The summed E-state index contributed by atoms with van der Waals surface area (Å²) in [7, 11) is 1.65. The molecule has 96 valence electrons. The van der Waals surface area contributed by atoms with Crippen molar-refractivity contribution >= 4 is 5.69 Å². The van der Waals surface area contributed by atoms with Gasteiger partial charge in [-0.3, -0.25) is 0 Å². The lowest BCUT2D eigenvalue weighted by atomic mass is 10.2. The summed E-state index contributed by atoms with van der Waals surface area (Å²) in [6.07, 6.45) is 0.917. The van der Waals surface area contributed by atoms with Crippen molar-refractivity contribution in [2.75, 3.05) is 38.8 Å². The molecule has 0 saturated heterocycles. The van der Waals surface area contributed by atoms with Crippen LogP contribution in [0.25, 0.3) is 0 Å². The lowest BCUT2D eigenvalue weighted by Gasteiger charge is -2.08. The predicted octanol–water partition coefficient (Wildman–Crippen LogP) is 2.60. The van der Waals surface area contributed by atoms with Crippen molar-refractivity contribution in [1.29, 1.82) is 0 Å². The molecule has 4 heteroatoms. The van der Waals surface area contributed by atoms with E-state index in [9.17, 15) is 4.39 Å². The van der Waals surface area contributed by atoms with Crippen LogP contribution >= 0.6 is 0 Å². The fourth-order valence-corrected chi connectivity index (χ4v) is 1.41. The first kappa shape index (κ1) is 13.9. The molecule has 0 aliphatic heterocycles. The van der Waals surface area contributed by atoms with Gasteiger partial charge in [0.25, 0.3) is 0 Å². The van der Waals surface area contributed by atoms with Gasteiger partial charge in [0.15, 0.2) is 0 Å². The smallest absolute Gasteiger partial charge is 0.126 e. The molecule has 0 saturated carbocycles. The highest BCUT2D eigenvalue weighted by Gasteiger charge is 1.98. The van der Waals surface area contributed by atoms with Crippen molar-refractivity contribution in [2.45, 2.75) is 13.3 Å². The zero-order valence-corrected chi connectivity index (χ0v) is 10.5. The fraction of sp³-hybridized carbons (Fsp3) is 0.538. The van der Waals surface area contributed by atoms with Gasteiger partial charge in [-0.15, -0.1) is 0 Å². The van der Waals surface area contributed by atoms with E-state index >= 15 is 0 Å². The van der Waals surface area contributed by atoms with Crippen molar-refractivity contribution in [3.63, 3.8) is 0 Å². The molecule has 17 heavy (non-hydrogen) atoms. The molecule has 0 amide bonds. The summed E-state index contributed by atoms with van der Waals surface area (Å²) in [4.78, 5) is 0. The first-order valence-electron chi connectivity index (χ1n) is 5.80. The minimum Gasteiger partial charge on any atom is -0.385 e. The Morgan fingerprint density at radius 3 is 2.76 bits per heavy atom. The van der Waals surface area contributed by atoms with Gasteiger partial charge >= 0.3 is 0 Å². The Hall–Kier alpha value is -1.13. The van der Waals surface area contributed by atoms with Crippen LogP contribution in [-0.2, 0) is 9.47 Å². The van der Waals surface area contributed by atoms with E-state index in [1.54, 1.807) is 26.2 Å². The minimum atomic E-state index is -0.168. The highest BCUT2D eigenvalue weighted by atomic mass is 19.1. The number of benzene rings is 1. The molecule has 0 aliphatic rings. The van der Waals surface area contributed by atoms with Gasteiger partial charge in [-0.1, -0.05) is 0 Å². The molecule has 1 N–H and O–H groups in total. The number of ether oxygens (including phenoxy) is 2. The Morgan fingerprint density at radius 1 is 1.24 bits per heavy atom. The van der Waals surface area contributed by atoms with Gasteiger partial charge in [0.05, 0.1) is 13.2 Å². The fourth-order valence-electron chi connectivity index (χ4n) is 1.41. The number of aryl methyl sites for hydroxylation is 1. The maximum absolute atomic E-state index is 13.0. The molecule has 0 fully saturated rings. The molecule has 0 bridgehead atoms. The maximum Gasteiger partial charge on any atom is 0.126 e. The van der Waals surface area contributed by atoms with E-state index in [0.29, 0.717) is 25.4 Å².